The van der Waals surface area contributed by atoms with Crippen molar-refractivity contribution in [1.29, 1.82) is 5.26 Å². The van der Waals surface area contributed by atoms with Gasteiger partial charge in [-0.15, -0.1) is 0 Å². The summed E-state index contributed by atoms with van der Waals surface area (Å²) in [7, 11) is 0. The summed E-state index contributed by atoms with van der Waals surface area (Å²) in [4.78, 5) is 17.8. The number of aromatic nitrogens is 5. The summed E-state index contributed by atoms with van der Waals surface area (Å²) in [5.41, 5.74) is 17.1. The summed E-state index contributed by atoms with van der Waals surface area (Å²) in [5.74, 6) is 0.623. The van der Waals surface area contributed by atoms with Gasteiger partial charge in [0, 0.05) is 55.1 Å². The Labute approximate surface area is 430 Å². The molecule has 0 radical (unpaired) electrons. The number of nitriles is 1. The van der Waals surface area contributed by atoms with Crippen LogP contribution in [0.3, 0.4) is 0 Å². The van der Waals surface area contributed by atoms with Crippen molar-refractivity contribution in [2.45, 2.75) is 0 Å². The van der Waals surface area contributed by atoms with E-state index in [4.69, 9.17) is 23.1 Å². The Kier molecular flexibility index (Phi) is 9.85. The van der Waals surface area contributed by atoms with Crippen LogP contribution >= 0.6 is 0 Å². The lowest BCUT2D eigenvalue weighted by Crippen LogP contribution is -1.96. The molecule has 14 rings (SSSR count). The molecular formula is C67H38N8. The Hall–Kier alpha value is -10.9. The molecule has 0 fully saturated rings. The largest absolute Gasteiger partial charge is 0.309 e. The smallest absolute Gasteiger partial charge is 0.195 e. The van der Waals surface area contributed by atoms with Crippen molar-refractivity contribution in [3.63, 3.8) is 0 Å². The molecular weight excluding hydrogens is 917 g/mol. The normalized spacial score (nSPS) is 11.4. The van der Waals surface area contributed by atoms with Crippen LogP contribution in [0.2, 0.25) is 0 Å². The van der Waals surface area contributed by atoms with E-state index >= 15 is 0 Å². The molecule has 4 aromatic heterocycles. The SMILES string of the molecule is [C-]#[N+]c1ccc2c(c1)c1ccccc1n2-c1ccc2c(c1)c1cc(-n3c4ccccc4c4cc(C#N)ccc43)ccc1n2-c1ccc(-c2ccc(-c3cc(-c4ccccc4)nc(-c4ccccc4)n3)cc2[N+]#[C-])cc1. The molecule has 0 aliphatic rings. The van der Waals surface area contributed by atoms with Crippen molar-refractivity contribution in [1.82, 2.24) is 23.7 Å². The monoisotopic (exact) mass is 954 g/mol. The fraction of sp³-hybridized carbons (Fsp3) is 0. The highest BCUT2D eigenvalue weighted by molar-refractivity contribution is 6.14. The summed E-state index contributed by atoms with van der Waals surface area (Å²) >= 11 is 0. The van der Waals surface area contributed by atoms with E-state index in [9.17, 15) is 5.26 Å². The van der Waals surface area contributed by atoms with Crippen molar-refractivity contribution >= 4 is 76.8 Å². The van der Waals surface area contributed by atoms with Crippen LogP contribution in [-0.2, 0) is 0 Å². The molecule has 8 nitrogen and oxygen atoms in total. The summed E-state index contributed by atoms with van der Waals surface area (Å²) < 4.78 is 6.92. The van der Waals surface area contributed by atoms with Crippen molar-refractivity contribution in [3.05, 3.63) is 259 Å². The van der Waals surface area contributed by atoms with Gasteiger partial charge >= 0.3 is 0 Å². The molecule has 0 atom stereocenters. The number of hydrogen-bond donors (Lipinski definition) is 0. The lowest BCUT2D eigenvalue weighted by Gasteiger charge is -2.13. The lowest BCUT2D eigenvalue weighted by atomic mass is 9.99. The third kappa shape index (κ3) is 6.96. The molecule has 0 aliphatic carbocycles. The minimum absolute atomic E-state index is 0.530. The van der Waals surface area contributed by atoms with E-state index in [0.29, 0.717) is 22.8 Å². The van der Waals surface area contributed by atoms with Crippen molar-refractivity contribution in [3.8, 4) is 68.2 Å². The predicted octanol–water partition coefficient (Wildman–Crippen LogP) is 17.4. The predicted molar refractivity (Wildman–Crippen MR) is 304 cm³/mol. The van der Waals surface area contributed by atoms with Crippen LogP contribution in [0.5, 0.6) is 0 Å². The summed E-state index contributed by atoms with van der Waals surface area (Å²) in [6, 6.07) is 81.0. The fourth-order valence-electron chi connectivity index (χ4n) is 11.1. The Bertz CT molecular complexity index is 4540. The van der Waals surface area contributed by atoms with Gasteiger partial charge in [-0.25, -0.2) is 19.7 Å². The standard InChI is InChI=1S/C67H38N8/c1-69-47-25-32-64-55(37-47)53-18-10-12-20-62(53)75(64)50-29-34-66-57(39-50)56-38-49(74-61-19-11-9-17-52(61)54-35-42(41-68)21-31-63(54)74)28-33-65(56)73(66)48-26-22-43(23-27-48)51-30-24-46(36-60(51)70-2)59-40-58(44-13-5-3-6-14-44)71-67(72-59)45-15-7-4-8-16-45/h3-40H. The van der Waals surface area contributed by atoms with Crippen LogP contribution in [0.4, 0.5) is 11.4 Å². The number of para-hydroxylation sites is 2. The molecule has 0 unspecified atom stereocenters. The number of hydrogen-bond acceptors (Lipinski definition) is 3. The summed E-state index contributed by atoms with van der Waals surface area (Å²) in [5, 5.41) is 16.3. The Morgan fingerprint density at radius 1 is 0.360 bits per heavy atom. The molecule has 0 saturated heterocycles. The van der Waals surface area contributed by atoms with E-state index in [0.717, 1.165) is 122 Å². The molecule has 10 aromatic carbocycles. The van der Waals surface area contributed by atoms with E-state index in [1.54, 1.807) is 0 Å². The highest BCUT2D eigenvalue weighted by Gasteiger charge is 2.21. The first kappa shape index (κ1) is 43.0. The summed E-state index contributed by atoms with van der Waals surface area (Å²) in [6.45, 7) is 16.2. The first-order chi connectivity index (χ1) is 37.0. The van der Waals surface area contributed by atoms with Crippen molar-refractivity contribution in [2.24, 2.45) is 0 Å². The van der Waals surface area contributed by atoms with E-state index in [-0.39, 0.29) is 0 Å². The number of benzene rings is 10. The number of fused-ring (bicyclic) bond motifs is 9. The fourth-order valence-corrected chi connectivity index (χ4v) is 11.1. The molecule has 0 spiro atoms. The molecule has 4 heterocycles. The zero-order valence-electron chi connectivity index (χ0n) is 40.0. The van der Waals surface area contributed by atoms with Gasteiger partial charge in [-0.05, 0) is 125 Å². The maximum atomic E-state index is 9.87. The summed E-state index contributed by atoms with van der Waals surface area (Å²) in [6.07, 6.45) is 0. The van der Waals surface area contributed by atoms with Crippen LogP contribution in [-0.4, -0.2) is 23.7 Å². The van der Waals surface area contributed by atoms with Gasteiger partial charge in [0.2, 0.25) is 0 Å². The quantitative estimate of drug-likeness (QED) is 0.149. The van der Waals surface area contributed by atoms with Gasteiger partial charge in [0.1, 0.15) is 0 Å². The molecule has 8 heteroatoms. The zero-order valence-corrected chi connectivity index (χ0v) is 40.0. The van der Waals surface area contributed by atoms with E-state index < -0.39 is 0 Å². The Morgan fingerprint density at radius 3 is 1.44 bits per heavy atom. The maximum Gasteiger partial charge on any atom is 0.195 e. The van der Waals surface area contributed by atoms with E-state index in [1.807, 2.05) is 115 Å². The van der Waals surface area contributed by atoms with Crippen molar-refractivity contribution in [2.75, 3.05) is 0 Å². The Balaban J connectivity index is 0.918. The second-order valence-electron chi connectivity index (χ2n) is 18.7. The van der Waals surface area contributed by atoms with Gasteiger partial charge in [0.25, 0.3) is 0 Å². The average Bonchev–Trinajstić information content (AvgIpc) is 4.18. The highest BCUT2D eigenvalue weighted by atomic mass is 15.0. The van der Waals surface area contributed by atoms with E-state index in [1.165, 1.54) is 0 Å². The highest BCUT2D eigenvalue weighted by Crippen LogP contribution is 2.42. The lowest BCUT2D eigenvalue weighted by molar-refractivity contribution is 1.16. The van der Waals surface area contributed by atoms with Crippen molar-refractivity contribution < 1.29 is 0 Å². The van der Waals surface area contributed by atoms with E-state index in [2.05, 4.69) is 145 Å². The third-order valence-electron chi connectivity index (χ3n) is 14.5. The molecule has 14 aromatic rings. The molecule has 0 saturated carbocycles. The third-order valence-corrected chi connectivity index (χ3v) is 14.5. The van der Waals surface area contributed by atoms with Gasteiger partial charge in [-0.2, -0.15) is 5.26 Å². The van der Waals surface area contributed by atoms with Gasteiger partial charge in [-0.1, -0.05) is 127 Å². The molecule has 0 bridgehead atoms. The van der Waals surface area contributed by atoms with Crippen LogP contribution < -0.4 is 0 Å². The van der Waals surface area contributed by atoms with Gasteiger partial charge in [0.05, 0.1) is 69.3 Å². The van der Waals surface area contributed by atoms with Gasteiger partial charge < -0.3 is 13.7 Å². The first-order valence-corrected chi connectivity index (χ1v) is 24.6. The molecule has 0 N–H and O–H groups in total. The number of rotatable bonds is 7. The second kappa shape index (κ2) is 17.2. The molecule has 75 heavy (non-hydrogen) atoms. The minimum Gasteiger partial charge on any atom is -0.309 e. The van der Waals surface area contributed by atoms with Gasteiger partial charge in [-0.3, -0.25) is 0 Å². The second-order valence-corrected chi connectivity index (χ2v) is 18.7. The first-order valence-electron chi connectivity index (χ1n) is 24.6. The Morgan fingerprint density at radius 2 is 0.840 bits per heavy atom. The molecule has 0 aliphatic heterocycles. The average molecular weight is 955 g/mol. The van der Waals surface area contributed by atoms with Crippen LogP contribution in [0, 0.1) is 24.5 Å². The van der Waals surface area contributed by atoms with Crippen LogP contribution in [0.1, 0.15) is 5.56 Å². The number of nitrogens with zero attached hydrogens (tertiary/aromatic N) is 8. The topological polar surface area (TPSA) is 73.1 Å². The maximum absolute atomic E-state index is 9.87. The molecule has 346 valence electrons. The molecule has 0 amide bonds. The zero-order chi connectivity index (χ0) is 50.1. The van der Waals surface area contributed by atoms with Gasteiger partial charge in [0.15, 0.2) is 17.2 Å². The van der Waals surface area contributed by atoms with Crippen LogP contribution in [0.15, 0.2) is 231 Å². The minimum atomic E-state index is 0.530. The van der Waals surface area contributed by atoms with Crippen LogP contribution in [0.25, 0.3) is 137 Å².